The summed E-state index contributed by atoms with van der Waals surface area (Å²) in [5.74, 6) is 1.29. The normalized spacial score (nSPS) is 11.7. The van der Waals surface area contributed by atoms with Gasteiger partial charge in [0.1, 0.15) is 23.1 Å². The second kappa shape index (κ2) is 7.95. The lowest BCUT2D eigenvalue weighted by Gasteiger charge is -2.17. The monoisotopic (exact) mass is 369 g/mol. The summed E-state index contributed by atoms with van der Waals surface area (Å²) in [6, 6.07) is 14.2. The van der Waals surface area contributed by atoms with Crippen molar-refractivity contribution in [2.45, 2.75) is 13.0 Å². The fourth-order valence-corrected chi connectivity index (χ4v) is 2.75. The van der Waals surface area contributed by atoms with Crippen LogP contribution in [0.1, 0.15) is 29.1 Å². The summed E-state index contributed by atoms with van der Waals surface area (Å²) in [6.45, 7) is 1.85. The fourth-order valence-electron chi connectivity index (χ4n) is 2.75. The van der Waals surface area contributed by atoms with Crippen molar-refractivity contribution in [1.29, 1.82) is 0 Å². The third-order valence-electron chi connectivity index (χ3n) is 4.21. The molecular formula is C21H20FNO4. The number of amides is 1. The Hall–Kier alpha value is -3.28. The van der Waals surface area contributed by atoms with Crippen LogP contribution in [0.15, 0.2) is 59.0 Å². The van der Waals surface area contributed by atoms with Gasteiger partial charge < -0.3 is 19.2 Å². The number of benzene rings is 2. The highest BCUT2D eigenvalue weighted by Crippen LogP contribution is 2.30. The molecule has 3 rings (SSSR count). The van der Waals surface area contributed by atoms with E-state index in [9.17, 15) is 9.18 Å². The summed E-state index contributed by atoms with van der Waals surface area (Å²) < 4.78 is 29.3. The molecule has 1 aromatic heterocycles. The third-order valence-corrected chi connectivity index (χ3v) is 4.21. The number of rotatable bonds is 6. The first-order chi connectivity index (χ1) is 13.0. The predicted molar refractivity (Wildman–Crippen MR) is 99.5 cm³/mol. The number of carbonyl (C=O) groups excluding carboxylic acids is 1. The van der Waals surface area contributed by atoms with Crippen LogP contribution in [-0.4, -0.2) is 20.1 Å². The van der Waals surface area contributed by atoms with Crippen LogP contribution in [0.25, 0.3) is 11.3 Å². The van der Waals surface area contributed by atoms with Crippen molar-refractivity contribution >= 4 is 5.91 Å². The van der Waals surface area contributed by atoms with Gasteiger partial charge in [0.05, 0.1) is 20.3 Å². The third kappa shape index (κ3) is 4.11. The Bertz CT molecular complexity index is 934. The molecule has 1 N–H and O–H groups in total. The molecule has 0 saturated heterocycles. The van der Waals surface area contributed by atoms with E-state index in [1.54, 1.807) is 50.6 Å². The second-order valence-electron chi connectivity index (χ2n) is 5.97. The van der Waals surface area contributed by atoms with Crippen LogP contribution < -0.4 is 14.8 Å². The molecule has 0 radical (unpaired) electrons. The molecule has 140 valence electrons. The molecule has 0 bridgehead atoms. The number of nitrogens with one attached hydrogen (secondary N) is 1. The van der Waals surface area contributed by atoms with E-state index in [1.807, 2.05) is 13.0 Å². The van der Waals surface area contributed by atoms with Gasteiger partial charge in [0.15, 0.2) is 5.76 Å². The number of methoxy groups -OCH3 is 2. The Morgan fingerprint density at radius 1 is 1.04 bits per heavy atom. The van der Waals surface area contributed by atoms with Gasteiger partial charge in [0.25, 0.3) is 5.91 Å². The van der Waals surface area contributed by atoms with Gasteiger partial charge in [-0.15, -0.1) is 0 Å². The standard InChI is InChI=1S/C21H20FNO4/c1-13(17-12-16(25-2)8-9-19(17)26-3)23-21(24)20-11-10-18(27-20)14-4-6-15(22)7-5-14/h4-13H,1-3H3,(H,23,24)/t13-/m0/s1. The number of ether oxygens (including phenoxy) is 2. The van der Waals surface area contributed by atoms with E-state index in [1.165, 1.54) is 12.1 Å². The molecule has 3 aromatic rings. The minimum Gasteiger partial charge on any atom is -0.497 e. The average Bonchev–Trinajstić information content (AvgIpc) is 3.18. The summed E-state index contributed by atoms with van der Waals surface area (Å²) in [6.07, 6.45) is 0. The molecule has 0 spiro atoms. The zero-order valence-electron chi connectivity index (χ0n) is 15.3. The number of furan rings is 1. The van der Waals surface area contributed by atoms with E-state index in [4.69, 9.17) is 13.9 Å². The fraction of sp³-hybridized carbons (Fsp3) is 0.190. The number of carbonyl (C=O) groups is 1. The van der Waals surface area contributed by atoms with Crippen LogP contribution in [0.4, 0.5) is 4.39 Å². The predicted octanol–water partition coefficient (Wildman–Crippen LogP) is 4.59. The van der Waals surface area contributed by atoms with E-state index in [2.05, 4.69) is 5.32 Å². The summed E-state index contributed by atoms with van der Waals surface area (Å²) in [7, 11) is 3.15. The van der Waals surface area contributed by atoms with E-state index in [0.29, 0.717) is 22.8 Å². The van der Waals surface area contributed by atoms with Crippen molar-refractivity contribution in [2.75, 3.05) is 14.2 Å². The summed E-state index contributed by atoms with van der Waals surface area (Å²) in [5, 5.41) is 2.88. The number of hydrogen-bond acceptors (Lipinski definition) is 4. The van der Waals surface area contributed by atoms with Gasteiger partial charge in [0.2, 0.25) is 0 Å². The zero-order chi connectivity index (χ0) is 19.4. The van der Waals surface area contributed by atoms with Crippen molar-refractivity contribution in [3.63, 3.8) is 0 Å². The molecule has 1 atom stereocenters. The largest absolute Gasteiger partial charge is 0.497 e. The van der Waals surface area contributed by atoms with Crippen LogP contribution in [0.3, 0.4) is 0 Å². The van der Waals surface area contributed by atoms with Crippen molar-refractivity contribution in [1.82, 2.24) is 5.32 Å². The molecule has 5 nitrogen and oxygen atoms in total. The maximum Gasteiger partial charge on any atom is 0.287 e. The van der Waals surface area contributed by atoms with Crippen LogP contribution >= 0.6 is 0 Å². The molecule has 6 heteroatoms. The first-order valence-electron chi connectivity index (χ1n) is 8.40. The van der Waals surface area contributed by atoms with Gasteiger partial charge in [-0.2, -0.15) is 0 Å². The number of hydrogen-bond donors (Lipinski definition) is 1. The molecule has 1 heterocycles. The molecule has 0 fully saturated rings. The molecular weight excluding hydrogens is 349 g/mol. The van der Waals surface area contributed by atoms with E-state index >= 15 is 0 Å². The van der Waals surface area contributed by atoms with E-state index in [0.717, 1.165) is 5.56 Å². The summed E-state index contributed by atoms with van der Waals surface area (Å²) in [5.41, 5.74) is 1.48. The molecule has 0 aliphatic carbocycles. The maximum absolute atomic E-state index is 13.0. The first-order valence-corrected chi connectivity index (χ1v) is 8.40. The quantitative estimate of drug-likeness (QED) is 0.690. The van der Waals surface area contributed by atoms with Gasteiger partial charge >= 0.3 is 0 Å². The van der Waals surface area contributed by atoms with Crippen LogP contribution in [0.5, 0.6) is 11.5 Å². The number of halogens is 1. The Morgan fingerprint density at radius 2 is 1.78 bits per heavy atom. The van der Waals surface area contributed by atoms with Gasteiger partial charge in [0, 0.05) is 11.1 Å². The van der Waals surface area contributed by atoms with Crippen molar-refractivity contribution in [2.24, 2.45) is 0 Å². The SMILES string of the molecule is COc1ccc(OC)c([C@H](C)NC(=O)c2ccc(-c3ccc(F)cc3)o2)c1. The Labute approximate surface area is 156 Å². The van der Waals surface area contributed by atoms with Gasteiger partial charge in [-0.1, -0.05) is 0 Å². The molecule has 27 heavy (non-hydrogen) atoms. The van der Waals surface area contributed by atoms with Crippen LogP contribution in [-0.2, 0) is 0 Å². The lowest BCUT2D eigenvalue weighted by atomic mass is 10.1. The molecule has 1 amide bonds. The molecule has 0 aliphatic rings. The van der Waals surface area contributed by atoms with Crippen molar-refractivity contribution in [3.8, 4) is 22.8 Å². The van der Waals surface area contributed by atoms with Gasteiger partial charge in [-0.25, -0.2) is 4.39 Å². The molecule has 0 saturated carbocycles. The zero-order valence-corrected chi connectivity index (χ0v) is 15.3. The minimum atomic E-state index is -0.360. The Morgan fingerprint density at radius 3 is 2.44 bits per heavy atom. The Kier molecular flexibility index (Phi) is 5.45. The highest BCUT2D eigenvalue weighted by molar-refractivity contribution is 5.92. The van der Waals surface area contributed by atoms with Gasteiger partial charge in [-0.3, -0.25) is 4.79 Å². The topological polar surface area (TPSA) is 60.7 Å². The maximum atomic E-state index is 13.0. The highest BCUT2D eigenvalue weighted by Gasteiger charge is 2.18. The smallest absolute Gasteiger partial charge is 0.287 e. The van der Waals surface area contributed by atoms with E-state index in [-0.39, 0.29) is 23.5 Å². The highest BCUT2D eigenvalue weighted by atomic mass is 19.1. The second-order valence-corrected chi connectivity index (χ2v) is 5.97. The van der Waals surface area contributed by atoms with Crippen LogP contribution in [0, 0.1) is 5.82 Å². The lowest BCUT2D eigenvalue weighted by molar-refractivity contribution is 0.0912. The molecule has 2 aromatic carbocycles. The van der Waals surface area contributed by atoms with Crippen molar-refractivity contribution < 1.29 is 23.1 Å². The summed E-state index contributed by atoms with van der Waals surface area (Å²) >= 11 is 0. The molecule has 0 aliphatic heterocycles. The lowest BCUT2D eigenvalue weighted by Crippen LogP contribution is -2.26. The summed E-state index contributed by atoms with van der Waals surface area (Å²) in [4.78, 5) is 12.5. The molecule has 0 unspecified atom stereocenters. The minimum absolute atomic E-state index is 0.169. The van der Waals surface area contributed by atoms with Gasteiger partial charge in [-0.05, 0) is 61.5 Å². The van der Waals surface area contributed by atoms with E-state index < -0.39 is 0 Å². The van der Waals surface area contributed by atoms with Crippen LogP contribution in [0.2, 0.25) is 0 Å². The first kappa shape index (κ1) is 18.5. The average molecular weight is 369 g/mol. The van der Waals surface area contributed by atoms with Crippen molar-refractivity contribution in [3.05, 3.63) is 71.7 Å². The Balaban J connectivity index is 1.77.